The number of nitrogens with zero attached hydrogens (tertiary/aromatic N) is 1. The van der Waals surface area contributed by atoms with Gasteiger partial charge in [0.1, 0.15) is 90.6 Å². The molecule has 17 amide bonds. The van der Waals surface area contributed by atoms with Gasteiger partial charge in [0.25, 0.3) is 0 Å². The molecular formula is C72H125N19O23. The molecule has 0 aromatic rings. The number of aliphatic hydroxyl groups is 2. The molecular weight excluding hydrogens is 1500 g/mol. The van der Waals surface area contributed by atoms with Gasteiger partial charge >= 0.3 is 11.9 Å². The van der Waals surface area contributed by atoms with E-state index < -0.39 is 272 Å². The molecule has 1 aliphatic heterocycles. The SMILES string of the molecule is CC[C@H](C)[C@H](NC(=O)[C@H](CCC(N)=O)NC(=O)[C@@H]1CCCN1C(=O)[C@H](CC(C)C)NC(=O)[C@H](C)NC(=O)[C@H](CC(C)C)NC(=O)[C@H](CCCCN)NC(=O)[C@@H](NC(=O)[C@H](C)NC(=O)[C@H](CCC(=O)O)NC(=O)[C@H](CC(C)C)NC(=O)[C@@H](N)CO)[C@@H](C)O)C(=O)N[C@@H](CCC(=O)O)C(=O)N[C@@H](CC(N)=O)C(=O)N[C@H](C(N)=O)C(C)C. The summed E-state index contributed by atoms with van der Waals surface area (Å²) >= 11 is 0. The molecule has 0 saturated carbocycles. The summed E-state index contributed by atoms with van der Waals surface area (Å²) in [5.74, 6) is -21.6. The standard InChI is InChI=1S/C72H125N19O23/c1-14-37(10)56(70(112)83-45(22-25-54(98)99)64(106)86-48(31-52(76)95)68(110)88-55(36(8)9)58(77)100)89-65(107)43(20-23-51(75)94)81-69(111)50-19-17-27-91(50)72(114)49(30-35(6)7)87-59(101)38(11)79-66(108)46(28-33(2)3)85-63(105)42(18-15-16-26-73)82-71(113)57(40(13)93)90-60(102)39(12)78-62(104)44(21-24-53(96)97)80-67(109)47(29-34(4)5)84-61(103)41(74)32-92/h33-50,55-57,92-93H,14-32,73-74H2,1-13H3,(H2,75,94)(H2,76,95)(H2,77,100)(H,78,104)(H,79,108)(H,80,109)(H,81,111)(H,82,113)(H,83,112)(H,84,103)(H,85,105)(H,86,106)(H,87,101)(H,88,110)(H,89,107)(H,90,102)(H,96,97)(H,98,99)/t37-,38-,39-,40+,41-,42-,43-,44-,45-,46-,47-,48-,49-,50-,55-,56-,57-/m0/s1. The third-order valence-corrected chi connectivity index (χ3v) is 18.5. The number of rotatable bonds is 54. The molecule has 1 aliphatic rings. The van der Waals surface area contributed by atoms with E-state index in [1.807, 2.05) is 0 Å². The van der Waals surface area contributed by atoms with Crippen molar-refractivity contribution in [1.82, 2.24) is 74.0 Å². The molecule has 17 atom stereocenters. The fraction of sp³-hybridized carbons (Fsp3) is 0.736. The molecule has 0 aromatic carbocycles. The number of carbonyl (C=O) groups is 19. The van der Waals surface area contributed by atoms with Crippen molar-refractivity contribution in [1.29, 1.82) is 0 Å². The third-order valence-electron chi connectivity index (χ3n) is 18.5. The molecule has 0 aliphatic carbocycles. The third kappa shape index (κ3) is 36.7. The minimum absolute atomic E-state index is 0.0135. The summed E-state index contributed by atoms with van der Waals surface area (Å²) in [6.07, 6.45) is -5.01. The molecule has 42 heteroatoms. The van der Waals surface area contributed by atoms with Gasteiger partial charge in [0.15, 0.2) is 0 Å². The first-order valence-corrected chi connectivity index (χ1v) is 38.4. The van der Waals surface area contributed by atoms with Crippen molar-refractivity contribution in [3.05, 3.63) is 0 Å². The van der Waals surface area contributed by atoms with Crippen molar-refractivity contribution >= 4 is 112 Å². The molecule has 0 unspecified atom stereocenters. The first-order chi connectivity index (χ1) is 53.1. The molecule has 1 heterocycles. The van der Waals surface area contributed by atoms with E-state index in [0.29, 0.717) is 6.42 Å². The highest BCUT2D eigenvalue weighted by atomic mass is 16.4. The average Bonchev–Trinajstić information content (AvgIpc) is 1.60. The fourth-order valence-corrected chi connectivity index (χ4v) is 11.9. The van der Waals surface area contributed by atoms with Gasteiger partial charge in [-0.15, -0.1) is 0 Å². The van der Waals surface area contributed by atoms with Crippen molar-refractivity contribution in [2.24, 2.45) is 58.3 Å². The normalized spacial score (nSPS) is 16.9. The monoisotopic (exact) mass is 1620 g/mol. The van der Waals surface area contributed by atoms with Crippen molar-refractivity contribution < 1.29 is 112 Å². The highest BCUT2D eigenvalue weighted by molar-refractivity contribution is 6.01. The summed E-state index contributed by atoms with van der Waals surface area (Å²) in [4.78, 5) is 256. The van der Waals surface area contributed by atoms with Crippen LogP contribution in [0, 0.1) is 29.6 Å². The molecule has 42 nitrogen and oxygen atoms in total. The predicted octanol–water partition coefficient (Wildman–Crippen LogP) is -6.65. The Hall–Kier alpha value is -10.2. The van der Waals surface area contributed by atoms with Gasteiger partial charge < -0.3 is 123 Å². The fourth-order valence-electron chi connectivity index (χ4n) is 11.9. The summed E-state index contributed by atoms with van der Waals surface area (Å²) in [5, 5.41) is 71.2. The van der Waals surface area contributed by atoms with Gasteiger partial charge in [-0.1, -0.05) is 75.7 Å². The van der Waals surface area contributed by atoms with Crippen LogP contribution in [-0.2, 0) is 91.1 Å². The Morgan fingerprint density at radius 2 is 0.798 bits per heavy atom. The van der Waals surface area contributed by atoms with Crippen molar-refractivity contribution in [3.8, 4) is 0 Å². The number of carboxylic acids is 2. The number of nitrogens with two attached hydrogens (primary N) is 5. The van der Waals surface area contributed by atoms with Crippen LogP contribution in [0.2, 0.25) is 0 Å². The number of likely N-dealkylation sites (tertiary alicyclic amines) is 1. The summed E-state index contributed by atoms with van der Waals surface area (Å²) < 4.78 is 0. The first kappa shape index (κ1) is 102. The van der Waals surface area contributed by atoms with Crippen LogP contribution in [-0.4, -0.2) is 254 Å². The van der Waals surface area contributed by atoms with Crippen LogP contribution < -0.4 is 97.8 Å². The number of hydrogen-bond donors (Lipinski definition) is 22. The first-order valence-electron chi connectivity index (χ1n) is 38.4. The summed E-state index contributed by atoms with van der Waals surface area (Å²) in [6, 6.07) is -22.6. The quantitative estimate of drug-likeness (QED) is 0.0252. The van der Waals surface area contributed by atoms with E-state index in [0.717, 1.165) is 6.92 Å². The van der Waals surface area contributed by atoms with Gasteiger partial charge in [0.05, 0.1) is 19.1 Å². The second-order valence-corrected chi connectivity index (χ2v) is 30.4. The van der Waals surface area contributed by atoms with Gasteiger partial charge in [-0.2, -0.15) is 0 Å². The van der Waals surface area contributed by atoms with Crippen LogP contribution in [0.25, 0.3) is 0 Å². The van der Waals surface area contributed by atoms with E-state index in [9.17, 15) is 112 Å². The van der Waals surface area contributed by atoms with E-state index in [4.69, 9.17) is 28.7 Å². The van der Waals surface area contributed by atoms with Gasteiger partial charge in [0, 0.05) is 25.8 Å². The Balaban J connectivity index is 3.52. The van der Waals surface area contributed by atoms with Gasteiger partial charge in [-0.3, -0.25) is 91.1 Å². The Morgan fingerprint density at radius 1 is 0.421 bits per heavy atom. The second kappa shape index (κ2) is 50.8. The Kier molecular flexibility index (Phi) is 45.3. The number of amides is 17. The molecule has 0 radical (unpaired) electrons. The molecule has 27 N–H and O–H groups in total. The van der Waals surface area contributed by atoms with Crippen LogP contribution in [0.5, 0.6) is 0 Å². The Labute approximate surface area is 662 Å². The maximum absolute atomic E-state index is 14.7. The molecule has 1 fully saturated rings. The maximum Gasteiger partial charge on any atom is 0.303 e. The maximum atomic E-state index is 14.7. The number of hydrogen-bond acceptors (Lipinski definition) is 23. The van der Waals surface area contributed by atoms with Crippen LogP contribution >= 0.6 is 0 Å². The van der Waals surface area contributed by atoms with E-state index in [1.54, 1.807) is 62.3 Å². The molecule has 1 saturated heterocycles. The Bertz CT molecular complexity index is 3340. The van der Waals surface area contributed by atoms with Crippen molar-refractivity contribution in [2.75, 3.05) is 19.7 Å². The van der Waals surface area contributed by atoms with Crippen LogP contribution in [0.4, 0.5) is 0 Å². The van der Waals surface area contributed by atoms with E-state index >= 15 is 0 Å². The zero-order valence-corrected chi connectivity index (χ0v) is 67.4. The van der Waals surface area contributed by atoms with Crippen LogP contribution in [0.3, 0.4) is 0 Å². The summed E-state index contributed by atoms with van der Waals surface area (Å²) in [6.45, 7) is 19.6. The summed E-state index contributed by atoms with van der Waals surface area (Å²) in [7, 11) is 0. The minimum atomic E-state index is -1.82. The number of nitrogens with one attached hydrogen (secondary N) is 13. The lowest BCUT2D eigenvalue weighted by Gasteiger charge is -2.32. The number of aliphatic hydroxyl groups excluding tert-OH is 2. The molecule has 646 valence electrons. The lowest BCUT2D eigenvalue weighted by Crippen LogP contribution is -2.62. The number of unbranched alkanes of at least 4 members (excludes halogenated alkanes) is 1. The lowest BCUT2D eigenvalue weighted by atomic mass is 9.96. The molecule has 114 heavy (non-hydrogen) atoms. The van der Waals surface area contributed by atoms with Gasteiger partial charge in [-0.25, -0.2) is 0 Å². The largest absolute Gasteiger partial charge is 0.481 e. The number of primary amides is 3. The van der Waals surface area contributed by atoms with Crippen LogP contribution in [0.15, 0.2) is 0 Å². The number of carboxylic acid groups (broad SMARTS) is 2. The molecule has 1 rings (SSSR count). The van der Waals surface area contributed by atoms with Crippen LogP contribution in [0.1, 0.15) is 193 Å². The van der Waals surface area contributed by atoms with Gasteiger partial charge in [-0.05, 0) is 128 Å². The van der Waals surface area contributed by atoms with Crippen molar-refractivity contribution in [2.45, 2.75) is 289 Å². The zero-order chi connectivity index (χ0) is 87.3. The lowest BCUT2D eigenvalue weighted by molar-refractivity contribution is -0.143. The number of aliphatic carboxylic acids is 2. The molecule has 0 aromatic heterocycles. The van der Waals surface area contributed by atoms with Gasteiger partial charge in [0.2, 0.25) is 100 Å². The predicted molar refractivity (Wildman–Crippen MR) is 409 cm³/mol. The smallest absolute Gasteiger partial charge is 0.303 e. The topological polar surface area (TPSA) is 695 Å². The van der Waals surface area contributed by atoms with E-state index in [2.05, 4.69) is 69.1 Å². The highest BCUT2D eigenvalue weighted by Gasteiger charge is 2.43. The molecule has 0 bridgehead atoms. The Morgan fingerprint density at radius 3 is 1.25 bits per heavy atom. The van der Waals surface area contributed by atoms with E-state index in [-0.39, 0.29) is 82.2 Å². The molecule has 0 spiro atoms. The van der Waals surface area contributed by atoms with Crippen molar-refractivity contribution in [3.63, 3.8) is 0 Å². The minimum Gasteiger partial charge on any atom is -0.481 e. The average molecular weight is 1620 g/mol. The van der Waals surface area contributed by atoms with E-state index in [1.165, 1.54) is 25.7 Å². The highest BCUT2D eigenvalue weighted by Crippen LogP contribution is 2.22. The second-order valence-electron chi connectivity index (χ2n) is 30.4. The zero-order valence-electron chi connectivity index (χ0n) is 67.4. The number of carbonyl (C=O) groups excluding carboxylic acids is 17. The summed E-state index contributed by atoms with van der Waals surface area (Å²) in [5.41, 5.74) is 27.7.